The highest BCUT2D eigenvalue weighted by atomic mass is 16.3. The van der Waals surface area contributed by atoms with Gasteiger partial charge in [0.1, 0.15) is 17.2 Å². The molecule has 23 heavy (non-hydrogen) atoms. The highest BCUT2D eigenvalue weighted by Crippen LogP contribution is 2.20. The number of rotatable bonds is 2. The summed E-state index contributed by atoms with van der Waals surface area (Å²) >= 11 is 0. The number of carbonyl (C=O) groups is 1. The first kappa shape index (κ1) is 15.4. The molecule has 6 nitrogen and oxygen atoms in total. The number of imidazole rings is 1. The molecule has 2 aromatic rings. The fourth-order valence-electron chi connectivity index (χ4n) is 2.44. The molecule has 0 aromatic carbocycles. The minimum atomic E-state index is -1.11. The Morgan fingerprint density at radius 2 is 2.26 bits per heavy atom. The summed E-state index contributed by atoms with van der Waals surface area (Å²) < 4.78 is 7.43. The van der Waals surface area contributed by atoms with Gasteiger partial charge in [-0.05, 0) is 44.7 Å². The lowest BCUT2D eigenvalue weighted by molar-refractivity contribution is 0.0995. The summed E-state index contributed by atoms with van der Waals surface area (Å²) in [5, 5.41) is 12.4. The normalized spacial score (nSPS) is 13.9. The molecule has 0 saturated heterocycles. The van der Waals surface area contributed by atoms with E-state index in [1.165, 1.54) is 0 Å². The van der Waals surface area contributed by atoms with Crippen molar-refractivity contribution in [2.24, 2.45) is 0 Å². The Morgan fingerprint density at radius 1 is 1.43 bits per heavy atom. The second-order valence-electron chi connectivity index (χ2n) is 6.10. The fourth-order valence-corrected chi connectivity index (χ4v) is 2.44. The van der Waals surface area contributed by atoms with Gasteiger partial charge in [-0.1, -0.05) is 5.92 Å². The van der Waals surface area contributed by atoms with Crippen LogP contribution in [0.2, 0.25) is 0 Å². The van der Waals surface area contributed by atoms with Crippen molar-refractivity contribution in [3.05, 3.63) is 35.7 Å². The van der Waals surface area contributed by atoms with Gasteiger partial charge >= 0.3 is 0 Å². The monoisotopic (exact) mass is 313 g/mol. The van der Waals surface area contributed by atoms with Gasteiger partial charge in [0.05, 0.1) is 6.20 Å². The number of furan rings is 1. The van der Waals surface area contributed by atoms with Crippen molar-refractivity contribution in [3.63, 3.8) is 0 Å². The Kier molecular flexibility index (Phi) is 3.97. The number of hydrogen-bond donors (Lipinski definition) is 2. The Hall–Kier alpha value is -2.52. The summed E-state index contributed by atoms with van der Waals surface area (Å²) in [6.07, 6.45) is 4.83. The zero-order valence-electron chi connectivity index (χ0n) is 13.2. The minimum Gasteiger partial charge on any atom is -0.443 e. The van der Waals surface area contributed by atoms with Gasteiger partial charge in [0, 0.05) is 13.0 Å². The smallest absolute Gasteiger partial charge is 0.292 e. The lowest BCUT2D eigenvalue weighted by atomic mass is 10.1. The molecule has 0 spiro atoms. The molecule has 0 saturated carbocycles. The van der Waals surface area contributed by atoms with Crippen molar-refractivity contribution in [3.8, 4) is 11.8 Å². The predicted molar refractivity (Wildman–Crippen MR) is 85.0 cm³/mol. The van der Waals surface area contributed by atoms with E-state index in [4.69, 9.17) is 4.42 Å². The second kappa shape index (κ2) is 5.94. The van der Waals surface area contributed by atoms with Gasteiger partial charge in [-0.15, -0.1) is 0 Å². The van der Waals surface area contributed by atoms with Crippen molar-refractivity contribution >= 4 is 11.7 Å². The number of aliphatic hydroxyl groups is 1. The molecule has 2 N–H and O–H groups in total. The molecule has 0 radical (unpaired) electrons. The first-order chi connectivity index (χ1) is 10.9. The number of fused-ring (bicyclic) bond motifs is 1. The van der Waals surface area contributed by atoms with Gasteiger partial charge in [-0.25, -0.2) is 4.98 Å². The quantitative estimate of drug-likeness (QED) is 0.833. The van der Waals surface area contributed by atoms with Crippen molar-refractivity contribution in [1.29, 1.82) is 0 Å². The Bertz CT molecular complexity index is 784. The summed E-state index contributed by atoms with van der Waals surface area (Å²) in [6, 6.07) is 3.18. The molecule has 1 aliphatic rings. The van der Waals surface area contributed by atoms with Crippen molar-refractivity contribution in [2.45, 2.75) is 45.3 Å². The Morgan fingerprint density at radius 3 is 3.04 bits per heavy atom. The van der Waals surface area contributed by atoms with Crippen LogP contribution in [0, 0.1) is 11.8 Å². The SMILES string of the molecule is CC(C)(O)C#Cc1ccc(C(=O)Nc2cnc3n2CCCC3)o1. The van der Waals surface area contributed by atoms with Crippen LogP contribution in [0.25, 0.3) is 0 Å². The average molecular weight is 313 g/mol. The first-order valence-electron chi connectivity index (χ1n) is 7.63. The predicted octanol–water partition coefficient (Wildman–Crippen LogP) is 2.19. The van der Waals surface area contributed by atoms with Crippen LogP contribution in [0.3, 0.4) is 0 Å². The minimum absolute atomic E-state index is 0.177. The van der Waals surface area contributed by atoms with Gasteiger partial charge < -0.3 is 19.4 Å². The van der Waals surface area contributed by atoms with Crippen LogP contribution < -0.4 is 5.32 Å². The van der Waals surface area contributed by atoms with E-state index in [2.05, 4.69) is 22.1 Å². The van der Waals surface area contributed by atoms with Crippen molar-refractivity contribution < 1.29 is 14.3 Å². The highest BCUT2D eigenvalue weighted by molar-refractivity contribution is 6.01. The standard InChI is InChI=1S/C17H19N3O3/c1-17(2,22)9-8-12-6-7-13(23-12)16(21)19-15-11-18-14-5-3-4-10-20(14)15/h6-7,11,22H,3-5,10H2,1-2H3,(H,19,21). The molecular formula is C17H19N3O3. The van der Waals surface area contributed by atoms with Crippen LogP contribution in [0.15, 0.2) is 22.7 Å². The molecule has 1 aliphatic heterocycles. The van der Waals surface area contributed by atoms with Crippen LogP contribution >= 0.6 is 0 Å². The maximum absolute atomic E-state index is 12.3. The van der Waals surface area contributed by atoms with Gasteiger partial charge in [0.25, 0.3) is 5.91 Å². The van der Waals surface area contributed by atoms with E-state index in [9.17, 15) is 9.90 Å². The number of amides is 1. The first-order valence-corrected chi connectivity index (χ1v) is 7.63. The molecule has 0 atom stereocenters. The number of aromatic nitrogens is 2. The number of hydrogen-bond acceptors (Lipinski definition) is 4. The maximum atomic E-state index is 12.3. The number of nitrogens with zero attached hydrogens (tertiary/aromatic N) is 2. The summed E-state index contributed by atoms with van der Waals surface area (Å²) in [7, 11) is 0. The van der Waals surface area contributed by atoms with E-state index < -0.39 is 5.60 Å². The largest absolute Gasteiger partial charge is 0.443 e. The molecule has 0 aliphatic carbocycles. The van der Waals surface area contributed by atoms with Crippen molar-refractivity contribution in [2.75, 3.05) is 5.32 Å². The van der Waals surface area contributed by atoms with Gasteiger partial charge in [0.2, 0.25) is 0 Å². The Balaban J connectivity index is 1.73. The van der Waals surface area contributed by atoms with Crippen molar-refractivity contribution in [1.82, 2.24) is 9.55 Å². The van der Waals surface area contributed by atoms with E-state index in [1.54, 1.807) is 32.2 Å². The van der Waals surface area contributed by atoms with Gasteiger partial charge in [-0.2, -0.15) is 0 Å². The van der Waals surface area contributed by atoms with E-state index in [1.807, 2.05) is 4.57 Å². The molecular weight excluding hydrogens is 294 g/mol. The van der Waals surface area contributed by atoms with Crippen LogP contribution in [-0.4, -0.2) is 26.2 Å². The topological polar surface area (TPSA) is 80.3 Å². The lowest BCUT2D eigenvalue weighted by Gasteiger charge is -2.16. The zero-order chi connectivity index (χ0) is 16.4. The summed E-state index contributed by atoms with van der Waals surface area (Å²) in [5.41, 5.74) is -1.11. The maximum Gasteiger partial charge on any atom is 0.292 e. The third kappa shape index (κ3) is 3.63. The number of nitrogens with one attached hydrogen (secondary N) is 1. The molecule has 0 unspecified atom stereocenters. The number of carbonyl (C=O) groups excluding carboxylic acids is 1. The summed E-state index contributed by atoms with van der Waals surface area (Å²) in [4.78, 5) is 16.6. The fraction of sp³-hybridized carbons (Fsp3) is 0.412. The van der Waals surface area contributed by atoms with E-state index in [0.717, 1.165) is 31.6 Å². The molecule has 3 heterocycles. The molecule has 3 rings (SSSR count). The molecule has 1 amide bonds. The third-order valence-electron chi connectivity index (χ3n) is 3.53. The lowest BCUT2D eigenvalue weighted by Crippen LogP contribution is -2.17. The van der Waals surface area contributed by atoms with Crippen LogP contribution in [-0.2, 0) is 13.0 Å². The molecule has 0 bridgehead atoms. The van der Waals surface area contributed by atoms with Gasteiger partial charge in [0.15, 0.2) is 11.5 Å². The molecule has 120 valence electrons. The second-order valence-corrected chi connectivity index (χ2v) is 6.10. The van der Waals surface area contributed by atoms with E-state index in [-0.39, 0.29) is 11.7 Å². The van der Waals surface area contributed by atoms with E-state index in [0.29, 0.717) is 11.6 Å². The molecule has 0 fully saturated rings. The number of anilines is 1. The highest BCUT2D eigenvalue weighted by Gasteiger charge is 2.18. The summed E-state index contributed by atoms with van der Waals surface area (Å²) in [6.45, 7) is 4.03. The van der Waals surface area contributed by atoms with Crippen LogP contribution in [0.1, 0.15) is 48.8 Å². The third-order valence-corrected chi connectivity index (χ3v) is 3.53. The zero-order valence-corrected chi connectivity index (χ0v) is 13.2. The average Bonchev–Trinajstić information content (AvgIpc) is 3.12. The van der Waals surface area contributed by atoms with E-state index >= 15 is 0 Å². The molecule has 6 heteroatoms. The molecule has 2 aromatic heterocycles. The summed E-state index contributed by atoms with van der Waals surface area (Å²) in [5.74, 6) is 7.21. The van der Waals surface area contributed by atoms with Crippen LogP contribution in [0.4, 0.5) is 5.82 Å². The number of aryl methyl sites for hydroxylation is 1. The van der Waals surface area contributed by atoms with Crippen LogP contribution in [0.5, 0.6) is 0 Å². The van der Waals surface area contributed by atoms with Gasteiger partial charge in [-0.3, -0.25) is 4.79 Å². The Labute approximate surface area is 134 Å².